The second-order valence-electron chi connectivity index (χ2n) is 6.18. The van der Waals surface area contributed by atoms with Gasteiger partial charge in [0, 0.05) is 25.7 Å². The molecule has 6 heteroatoms. The Morgan fingerprint density at radius 1 is 1.35 bits per heavy atom. The quantitative estimate of drug-likeness (QED) is 0.897. The maximum atomic E-state index is 5.80. The highest BCUT2D eigenvalue weighted by Gasteiger charge is 2.32. The molecule has 3 rings (SSSR count). The minimum atomic E-state index is -0.0617. The summed E-state index contributed by atoms with van der Waals surface area (Å²) in [4.78, 5) is 6.98. The summed E-state index contributed by atoms with van der Waals surface area (Å²) in [6.07, 6.45) is -0.0617. The molecule has 112 valence electrons. The summed E-state index contributed by atoms with van der Waals surface area (Å²) >= 11 is 0. The van der Waals surface area contributed by atoms with Crippen molar-refractivity contribution in [3.05, 3.63) is 11.7 Å². The van der Waals surface area contributed by atoms with Crippen LogP contribution in [0.3, 0.4) is 0 Å². The predicted molar refractivity (Wildman–Crippen MR) is 74.5 cm³/mol. The molecule has 0 amide bonds. The van der Waals surface area contributed by atoms with E-state index in [1.54, 1.807) is 0 Å². The number of nitrogens with zero attached hydrogens (tertiary/aromatic N) is 3. The van der Waals surface area contributed by atoms with Crippen molar-refractivity contribution in [3.63, 3.8) is 0 Å². The number of nitrogens with one attached hydrogen (secondary N) is 1. The Labute approximate surface area is 119 Å². The maximum absolute atomic E-state index is 5.80. The number of morpholine rings is 1. The molecule has 2 fully saturated rings. The Kier molecular flexibility index (Phi) is 4.05. The number of rotatable bonds is 3. The molecule has 0 aromatic carbocycles. The van der Waals surface area contributed by atoms with Crippen molar-refractivity contribution in [1.82, 2.24) is 20.4 Å². The van der Waals surface area contributed by atoms with Crippen LogP contribution in [0, 0.1) is 5.92 Å². The van der Waals surface area contributed by atoms with E-state index >= 15 is 0 Å². The van der Waals surface area contributed by atoms with Gasteiger partial charge in [0.05, 0.1) is 12.5 Å². The molecule has 0 radical (unpaired) electrons. The average Bonchev–Trinajstić information content (AvgIpc) is 3.07. The molecule has 20 heavy (non-hydrogen) atoms. The standard InChI is InChI=1S/C14H24N4O2/c1-9(2)18-4-5-19-12(8-18)13-16-14(20-17-13)11-7-15-6-10(11)3/h9-12,15H,4-8H2,1-3H3/t10-,11-,12?/m1/s1. The Hall–Kier alpha value is -0.980. The van der Waals surface area contributed by atoms with Gasteiger partial charge in [-0.1, -0.05) is 12.1 Å². The number of ether oxygens (including phenoxy) is 1. The van der Waals surface area contributed by atoms with Crippen molar-refractivity contribution in [2.24, 2.45) is 5.92 Å². The lowest BCUT2D eigenvalue weighted by molar-refractivity contribution is -0.0450. The number of hydrogen-bond donors (Lipinski definition) is 1. The van der Waals surface area contributed by atoms with Gasteiger partial charge < -0.3 is 14.6 Å². The van der Waals surface area contributed by atoms with E-state index in [0.717, 1.165) is 38.7 Å². The number of hydrogen-bond acceptors (Lipinski definition) is 6. The molecule has 3 atom stereocenters. The molecule has 0 saturated carbocycles. The van der Waals surface area contributed by atoms with Crippen LogP contribution in [-0.2, 0) is 4.74 Å². The summed E-state index contributed by atoms with van der Waals surface area (Å²) in [5, 5.41) is 7.51. The van der Waals surface area contributed by atoms with Crippen LogP contribution < -0.4 is 5.32 Å². The summed E-state index contributed by atoms with van der Waals surface area (Å²) < 4.78 is 11.3. The zero-order valence-electron chi connectivity index (χ0n) is 12.5. The van der Waals surface area contributed by atoms with Gasteiger partial charge in [-0.3, -0.25) is 4.90 Å². The maximum Gasteiger partial charge on any atom is 0.231 e. The smallest absolute Gasteiger partial charge is 0.231 e. The van der Waals surface area contributed by atoms with Crippen LogP contribution in [0.5, 0.6) is 0 Å². The van der Waals surface area contributed by atoms with Crippen LogP contribution in [0.2, 0.25) is 0 Å². The minimum absolute atomic E-state index is 0.0617. The Balaban J connectivity index is 1.70. The third-order valence-corrected chi connectivity index (χ3v) is 4.41. The van der Waals surface area contributed by atoms with Gasteiger partial charge in [0.25, 0.3) is 0 Å². The van der Waals surface area contributed by atoms with E-state index in [1.165, 1.54) is 0 Å². The van der Waals surface area contributed by atoms with Gasteiger partial charge >= 0.3 is 0 Å². The predicted octanol–water partition coefficient (Wildman–Crippen LogP) is 1.17. The van der Waals surface area contributed by atoms with Crippen LogP contribution in [0.15, 0.2) is 4.52 Å². The second-order valence-corrected chi connectivity index (χ2v) is 6.18. The fourth-order valence-electron chi connectivity index (χ4n) is 2.96. The van der Waals surface area contributed by atoms with Crippen molar-refractivity contribution in [2.75, 3.05) is 32.8 Å². The summed E-state index contributed by atoms with van der Waals surface area (Å²) in [6.45, 7) is 11.1. The van der Waals surface area contributed by atoms with Gasteiger partial charge in [-0.15, -0.1) is 0 Å². The van der Waals surface area contributed by atoms with Gasteiger partial charge in [0.15, 0.2) is 0 Å². The zero-order valence-corrected chi connectivity index (χ0v) is 12.5. The number of aromatic nitrogens is 2. The van der Waals surface area contributed by atoms with Gasteiger partial charge in [0.1, 0.15) is 6.10 Å². The molecule has 0 aliphatic carbocycles. The highest BCUT2D eigenvalue weighted by Crippen LogP contribution is 2.28. The molecule has 3 heterocycles. The van der Waals surface area contributed by atoms with E-state index in [2.05, 4.69) is 41.1 Å². The molecular formula is C14H24N4O2. The summed E-state index contributed by atoms with van der Waals surface area (Å²) in [7, 11) is 0. The van der Waals surface area contributed by atoms with Crippen LogP contribution >= 0.6 is 0 Å². The fraction of sp³-hybridized carbons (Fsp3) is 0.857. The van der Waals surface area contributed by atoms with Crippen LogP contribution in [-0.4, -0.2) is 53.9 Å². The monoisotopic (exact) mass is 280 g/mol. The lowest BCUT2D eigenvalue weighted by atomic mass is 9.98. The lowest BCUT2D eigenvalue weighted by Crippen LogP contribution is -2.42. The molecule has 1 aromatic rings. The van der Waals surface area contributed by atoms with E-state index in [1.807, 2.05) is 0 Å². The largest absolute Gasteiger partial charge is 0.367 e. The van der Waals surface area contributed by atoms with Crippen molar-refractivity contribution in [2.45, 2.75) is 38.8 Å². The third-order valence-electron chi connectivity index (χ3n) is 4.41. The lowest BCUT2D eigenvalue weighted by Gasteiger charge is -2.34. The Bertz CT molecular complexity index is 448. The normalized spacial score (nSPS) is 32.1. The molecule has 1 unspecified atom stereocenters. The zero-order chi connectivity index (χ0) is 14.1. The first-order valence-electron chi connectivity index (χ1n) is 7.55. The van der Waals surface area contributed by atoms with Crippen LogP contribution in [0.25, 0.3) is 0 Å². The SMILES string of the molecule is CC(C)N1CCOC(c2noc([C@@H]3CNC[C@H]3C)n2)C1. The minimum Gasteiger partial charge on any atom is -0.367 e. The molecule has 0 spiro atoms. The first-order chi connectivity index (χ1) is 9.65. The van der Waals surface area contributed by atoms with Crippen LogP contribution in [0.1, 0.15) is 44.5 Å². The van der Waals surface area contributed by atoms with Crippen LogP contribution in [0.4, 0.5) is 0 Å². The molecule has 1 aromatic heterocycles. The topological polar surface area (TPSA) is 63.4 Å². The Morgan fingerprint density at radius 2 is 2.20 bits per heavy atom. The first kappa shape index (κ1) is 14.0. The highest BCUT2D eigenvalue weighted by molar-refractivity contribution is 5.03. The van der Waals surface area contributed by atoms with E-state index in [9.17, 15) is 0 Å². The summed E-state index contributed by atoms with van der Waals surface area (Å²) in [5.74, 6) is 2.33. The van der Waals surface area contributed by atoms with Gasteiger partial charge in [-0.25, -0.2) is 0 Å². The van der Waals surface area contributed by atoms with Gasteiger partial charge in [-0.05, 0) is 26.3 Å². The van der Waals surface area contributed by atoms with Crippen molar-refractivity contribution in [1.29, 1.82) is 0 Å². The fourth-order valence-corrected chi connectivity index (χ4v) is 2.96. The molecular weight excluding hydrogens is 256 g/mol. The molecule has 0 bridgehead atoms. The highest BCUT2D eigenvalue weighted by atomic mass is 16.5. The molecule has 2 aliphatic rings. The Morgan fingerprint density at radius 3 is 2.90 bits per heavy atom. The van der Waals surface area contributed by atoms with Crippen molar-refractivity contribution >= 4 is 0 Å². The van der Waals surface area contributed by atoms with Gasteiger partial charge in [0.2, 0.25) is 11.7 Å². The summed E-state index contributed by atoms with van der Waals surface area (Å²) in [6, 6.07) is 0.520. The molecule has 1 N–H and O–H groups in total. The second kappa shape index (κ2) is 5.79. The van der Waals surface area contributed by atoms with Crippen molar-refractivity contribution in [3.8, 4) is 0 Å². The molecule has 6 nitrogen and oxygen atoms in total. The third kappa shape index (κ3) is 2.73. The first-order valence-corrected chi connectivity index (χ1v) is 7.55. The molecule has 2 saturated heterocycles. The average molecular weight is 280 g/mol. The summed E-state index contributed by atoms with van der Waals surface area (Å²) in [5.41, 5.74) is 0. The van der Waals surface area contributed by atoms with E-state index in [0.29, 0.717) is 23.7 Å². The van der Waals surface area contributed by atoms with Crippen molar-refractivity contribution < 1.29 is 9.26 Å². The van der Waals surface area contributed by atoms with E-state index < -0.39 is 0 Å². The van der Waals surface area contributed by atoms with E-state index in [-0.39, 0.29) is 6.10 Å². The van der Waals surface area contributed by atoms with E-state index in [4.69, 9.17) is 9.26 Å². The molecule has 2 aliphatic heterocycles. The van der Waals surface area contributed by atoms with Gasteiger partial charge in [-0.2, -0.15) is 4.98 Å².